The zero-order chi connectivity index (χ0) is 26.0. The molecule has 0 spiro atoms. The maximum Gasteiger partial charge on any atom is 1.00 e. The molecule has 0 saturated carbocycles. The monoisotopic (exact) mass is 574 g/mol. The van der Waals surface area contributed by atoms with E-state index in [-0.39, 0.29) is 78.6 Å². The number of carbonyl (C=O) groups excluding carboxylic acids is 2. The zero-order valence-electron chi connectivity index (χ0n) is 22.2. The van der Waals surface area contributed by atoms with Gasteiger partial charge in [0.1, 0.15) is 5.82 Å². The third-order valence-corrected chi connectivity index (χ3v) is 6.28. The largest absolute Gasteiger partial charge is 1.00 e. The third kappa shape index (κ3) is 10.7. The van der Waals surface area contributed by atoms with Gasteiger partial charge in [0.05, 0.1) is 17.5 Å². The van der Waals surface area contributed by atoms with Crippen LogP contribution in [0.2, 0.25) is 0 Å². The van der Waals surface area contributed by atoms with Crippen molar-refractivity contribution in [2.45, 2.75) is 25.4 Å². The molecule has 0 radical (unpaired) electrons. The molecule has 2 N–H and O–H groups in total. The molecule has 0 aliphatic carbocycles. The minimum atomic E-state index is -1.02. The quantitative estimate of drug-likeness (QED) is 0.156. The maximum atomic E-state index is 14.7. The fourth-order valence-electron chi connectivity index (χ4n) is 3.07. The van der Waals surface area contributed by atoms with E-state index >= 15 is 0 Å². The van der Waals surface area contributed by atoms with Gasteiger partial charge in [0.25, 0.3) is 0 Å². The van der Waals surface area contributed by atoms with Crippen LogP contribution in [0.15, 0.2) is 35.3 Å². The predicted molar refractivity (Wildman–Crippen MR) is 152 cm³/mol. The number of hydrogen-bond acceptors (Lipinski definition) is 8. The second kappa shape index (κ2) is 18.9. The van der Waals surface area contributed by atoms with Crippen LogP contribution in [0, 0.1) is 33.1 Å². The van der Waals surface area contributed by atoms with E-state index < -0.39 is 23.0 Å². The van der Waals surface area contributed by atoms with Gasteiger partial charge < -0.3 is 38.9 Å². The van der Waals surface area contributed by atoms with Crippen molar-refractivity contribution in [2.24, 2.45) is 4.99 Å². The van der Waals surface area contributed by atoms with E-state index in [0.29, 0.717) is 6.54 Å². The van der Waals surface area contributed by atoms with Crippen LogP contribution < -0.4 is 39.6 Å². The van der Waals surface area contributed by atoms with Gasteiger partial charge in [0.15, 0.2) is 11.6 Å². The number of piperidine rings is 1. The Balaban J connectivity index is 0. The summed E-state index contributed by atoms with van der Waals surface area (Å²) in [6.45, 7) is 13.6. The second-order valence-electron chi connectivity index (χ2n) is 7.79. The summed E-state index contributed by atoms with van der Waals surface area (Å²) in [6, 6.07) is 5.94. The topological polar surface area (TPSA) is 83.0 Å². The van der Waals surface area contributed by atoms with Crippen molar-refractivity contribution < 1.29 is 52.7 Å². The van der Waals surface area contributed by atoms with Crippen LogP contribution in [0.5, 0.6) is 0 Å². The van der Waals surface area contributed by atoms with Gasteiger partial charge in [0.2, 0.25) is 0 Å². The molecule has 1 heterocycles. The molecular formula is C26H33F2N4NaO3S2-4. The summed E-state index contributed by atoms with van der Waals surface area (Å²) in [6.07, 6.45) is 3.53. The first-order chi connectivity index (χ1) is 16.7. The molecule has 0 amide bonds. The number of ketones is 1. The molecule has 1 fully saturated rings. The van der Waals surface area contributed by atoms with E-state index in [1.165, 1.54) is 18.2 Å². The minimum absolute atomic E-state index is 0. The van der Waals surface area contributed by atoms with E-state index in [2.05, 4.69) is 29.1 Å². The van der Waals surface area contributed by atoms with E-state index in [1.807, 2.05) is 6.92 Å². The molecule has 1 saturated heterocycles. The molecule has 38 heavy (non-hydrogen) atoms. The molecule has 12 heteroatoms. The van der Waals surface area contributed by atoms with Gasteiger partial charge in [-0.1, -0.05) is 30.3 Å². The average molecular weight is 575 g/mol. The molecule has 1 aliphatic rings. The maximum absolute atomic E-state index is 14.7. The molecular weight excluding hydrogens is 541 g/mol. The van der Waals surface area contributed by atoms with Crippen LogP contribution in [0.1, 0.15) is 41.3 Å². The molecule has 2 aromatic rings. The minimum Gasteiger partial charge on any atom is -0.574 e. The van der Waals surface area contributed by atoms with Gasteiger partial charge in [-0.05, 0) is 50.7 Å². The Morgan fingerprint density at radius 2 is 1.95 bits per heavy atom. The Morgan fingerprint density at radius 3 is 2.45 bits per heavy atom. The summed E-state index contributed by atoms with van der Waals surface area (Å²) in [5.41, 5.74) is -0.991. The third-order valence-electron chi connectivity index (χ3n) is 5.40. The molecule has 0 unspecified atom stereocenters. The standard InChI is InChI=1S/C18H15F2N3O2S.C7H13NO.CH3.Na.H2S/c1-4-23(3)26-22-15-8-6-13(19)16(17(15)20)18(25)11-5-7-14(21-2)12(9-11)10-24;1-7(9-2)3-5-8-6-4-7;;;/h2,5-9,22H,4H2,1,3H3;8H,1-6H2;1H3;;1H2/q2*-2;-1;+1;. The number of nitrogens with zero attached hydrogens (tertiary/aromatic N) is 2. The van der Waals surface area contributed by atoms with Crippen molar-refractivity contribution in [3.05, 3.63) is 80.1 Å². The summed E-state index contributed by atoms with van der Waals surface area (Å²) in [5, 5.41) is 3.23. The average Bonchev–Trinajstić information content (AvgIpc) is 2.88. The predicted octanol–water partition coefficient (Wildman–Crippen LogP) is 2.11. The van der Waals surface area contributed by atoms with Crippen molar-refractivity contribution in [3.63, 3.8) is 0 Å². The molecule has 2 aromatic carbocycles. The number of aliphatic imine (C=N–C) groups is 1. The van der Waals surface area contributed by atoms with Gasteiger partial charge in [-0.25, -0.2) is 20.2 Å². The van der Waals surface area contributed by atoms with Crippen molar-refractivity contribution in [2.75, 3.05) is 31.4 Å². The number of anilines is 1. The Bertz CT molecular complexity index is 1060. The van der Waals surface area contributed by atoms with Gasteiger partial charge >= 0.3 is 29.6 Å². The van der Waals surface area contributed by atoms with Crippen molar-refractivity contribution in [1.82, 2.24) is 9.62 Å². The smallest absolute Gasteiger partial charge is 0.574 e. The summed E-state index contributed by atoms with van der Waals surface area (Å²) in [5.74, 6) is -2.93. The summed E-state index contributed by atoms with van der Waals surface area (Å²) >= 11 is 1.11. The first kappa shape index (κ1) is 38.8. The Kier molecular flexibility index (Phi) is 19.3. The van der Waals surface area contributed by atoms with Crippen molar-refractivity contribution >= 4 is 55.8 Å². The van der Waals surface area contributed by atoms with Gasteiger partial charge in [0, 0.05) is 18.7 Å². The number of benzene rings is 2. The molecule has 0 bridgehead atoms. The second-order valence-corrected chi connectivity index (χ2v) is 8.80. The molecule has 1 aliphatic heterocycles. The number of rotatable bonds is 9. The molecule has 7 nitrogen and oxygen atoms in total. The van der Waals surface area contributed by atoms with Crippen molar-refractivity contribution in [1.29, 1.82) is 0 Å². The SMILES string of the molecule is S.[CH-]=Nc1ccc(C(=O)c2c(F)ccc(NSN(C)CC)c2F)cc1[C-]=O.[CH2-]OC1([CH2-])CCNCC1.[CH3-].[Na+]. The number of carbonyl (C=O) groups is 1. The van der Waals surface area contributed by atoms with Crippen LogP contribution >= 0.6 is 25.6 Å². The normalized spacial score (nSPS) is 13.4. The molecule has 3 rings (SSSR count). The number of nitrogens with one attached hydrogen (secondary N) is 2. The fourth-order valence-corrected chi connectivity index (χ4v) is 3.61. The van der Waals surface area contributed by atoms with Crippen LogP contribution in [0.4, 0.5) is 20.2 Å². The Morgan fingerprint density at radius 1 is 1.32 bits per heavy atom. The summed E-state index contributed by atoms with van der Waals surface area (Å²) < 4.78 is 38.3. The van der Waals surface area contributed by atoms with Crippen LogP contribution in [-0.2, 0) is 9.53 Å². The number of ether oxygens (including phenoxy) is 1. The zero-order valence-corrected chi connectivity index (χ0v) is 26.0. The molecule has 0 atom stereocenters. The van der Waals surface area contributed by atoms with Crippen LogP contribution in [0.25, 0.3) is 0 Å². The molecule has 0 aromatic heterocycles. The first-order valence-corrected chi connectivity index (χ1v) is 11.6. The first-order valence-electron chi connectivity index (χ1n) is 10.8. The number of halogens is 2. The Labute approximate surface area is 258 Å². The number of hydrogen-bond donors (Lipinski definition) is 2. The Hall–Kier alpha value is -1.31. The van der Waals surface area contributed by atoms with E-state index in [1.54, 1.807) is 17.6 Å². The van der Waals surface area contributed by atoms with Crippen LogP contribution in [0.3, 0.4) is 0 Å². The van der Waals surface area contributed by atoms with E-state index in [4.69, 9.17) is 11.5 Å². The molecule has 206 valence electrons. The van der Waals surface area contributed by atoms with E-state index in [0.717, 1.165) is 50.2 Å². The fraction of sp³-hybridized carbons (Fsp3) is 0.308. The van der Waals surface area contributed by atoms with Gasteiger partial charge in [-0.15, -0.1) is 11.6 Å². The van der Waals surface area contributed by atoms with Crippen LogP contribution in [-0.4, -0.2) is 55.4 Å². The van der Waals surface area contributed by atoms with Gasteiger partial charge in [-0.2, -0.15) is 20.2 Å². The summed E-state index contributed by atoms with van der Waals surface area (Å²) in [7, 11) is 5.18. The van der Waals surface area contributed by atoms with Crippen molar-refractivity contribution in [3.8, 4) is 0 Å². The van der Waals surface area contributed by atoms with E-state index in [9.17, 15) is 18.4 Å². The summed E-state index contributed by atoms with van der Waals surface area (Å²) in [4.78, 5) is 26.9. The van der Waals surface area contributed by atoms with Gasteiger partial charge in [-0.3, -0.25) is 4.79 Å².